The van der Waals surface area contributed by atoms with E-state index in [2.05, 4.69) is 0 Å². The molecular weight excluding hydrogens is 298 g/mol. The van der Waals surface area contributed by atoms with Gasteiger partial charge in [-0.25, -0.2) is 17.2 Å². The number of sulfonamides is 1. The van der Waals surface area contributed by atoms with Crippen LogP contribution < -0.4 is 5.73 Å². The normalized spacial score (nSPS) is 22.2. The van der Waals surface area contributed by atoms with E-state index in [9.17, 15) is 17.2 Å². The molecule has 1 aliphatic rings. The summed E-state index contributed by atoms with van der Waals surface area (Å²) in [6, 6.07) is 1.55. The number of nitrogens with zero attached hydrogens (tertiary/aromatic N) is 1. The van der Waals surface area contributed by atoms with Crippen molar-refractivity contribution in [1.82, 2.24) is 4.31 Å². The van der Waals surface area contributed by atoms with Crippen LogP contribution in [0.1, 0.15) is 25.3 Å². The van der Waals surface area contributed by atoms with E-state index in [1.165, 1.54) is 11.2 Å². The minimum Gasteiger partial charge on any atom is -0.328 e. The third kappa shape index (κ3) is 3.25. The van der Waals surface area contributed by atoms with E-state index in [-0.39, 0.29) is 24.1 Å². The minimum atomic E-state index is -3.96. The fraction of sp³-hybridized carbons (Fsp3) is 0.571. The largest absolute Gasteiger partial charge is 0.328 e. The summed E-state index contributed by atoms with van der Waals surface area (Å²) in [6.07, 6.45) is 1.54. The van der Waals surface area contributed by atoms with Gasteiger partial charge < -0.3 is 5.73 Å². The number of hydrogen-bond acceptors (Lipinski definition) is 3. The monoisotopic (exact) mass is 318 g/mol. The predicted molar refractivity (Wildman–Crippen MR) is 76.2 cm³/mol. The molecule has 0 spiro atoms. The number of nitrogens with two attached hydrogens (primary N) is 1. The van der Waals surface area contributed by atoms with Crippen LogP contribution in [0.25, 0.3) is 0 Å². The molecule has 118 valence electrons. The van der Waals surface area contributed by atoms with Gasteiger partial charge in [-0.2, -0.15) is 4.31 Å². The molecule has 0 aromatic heterocycles. The maximum atomic E-state index is 13.9. The lowest BCUT2D eigenvalue weighted by atomic mass is 9.93. The van der Waals surface area contributed by atoms with Gasteiger partial charge in [0.2, 0.25) is 10.0 Å². The van der Waals surface area contributed by atoms with Gasteiger partial charge in [0.25, 0.3) is 0 Å². The lowest BCUT2D eigenvalue weighted by molar-refractivity contribution is 0.242. The Morgan fingerprint density at radius 3 is 2.62 bits per heavy atom. The van der Waals surface area contributed by atoms with Crippen LogP contribution >= 0.6 is 0 Å². The first-order valence-electron chi connectivity index (χ1n) is 6.95. The number of hydrogen-bond donors (Lipinski definition) is 1. The highest BCUT2D eigenvalue weighted by atomic mass is 32.2. The second-order valence-electron chi connectivity index (χ2n) is 5.66. The van der Waals surface area contributed by atoms with Gasteiger partial charge in [0, 0.05) is 25.2 Å². The van der Waals surface area contributed by atoms with Gasteiger partial charge in [0.05, 0.1) is 0 Å². The van der Waals surface area contributed by atoms with E-state index >= 15 is 0 Å². The quantitative estimate of drug-likeness (QED) is 0.927. The molecule has 0 bridgehead atoms. The van der Waals surface area contributed by atoms with E-state index in [4.69, 9.17) is 5.73 Å². The van der Waals surface area contributed by atoms with Gasteiger partial charge in [-0.1, -0.05) is 0 Å². The molecule has 4 nitrogen and oxygen atoms in total. The van der Waals surface area contributed by atoms with Crippen molar-refractivity contribution < 1.29 is 17.2 Å². The molecule has 7 heteroatoms. The predicted octanol–water partition coefficient (Wildman–Crippen LogP) is 2.02. The molecule has 21 heavy (non-hydrogen) atoms. The van der Waals surface area contributed by atoms with Crippen molar-refractivity contribution in [3.8, 4) is 0 Å². The van der Waals surface area contributed by atoms with E-state index in [0.717, 1.165) is 12.5 Å². The zero-order valence-electron chi connectivity index (χ0n) is 12.1. The second-order valence-corrected chi connectivity index (χ2v) is 7.56. The summed E-state index contributed by atoms with van der Waals surface area (Å²) in [4.78, 5) is -0.466. The Balaban J connectivity index is 2.36. The molecule has 2 rings (SSSR count). The van der Waals surface area contributed by atoms with Crippen molar-refractivity contribution in [3.05, 3.63) is 29.3 Å². The number of benzene rings is 1. The smallest absolute Gasteiger partial charge is 0.246 e. The van der Waals surface area contributed by atoms with Crippen molar-refractivity contribution in [1.29, 1.82) is 0 Å². The maximum Gasteiger partial charge on any atom is 0.246 e. The second kappa shape index (κ2) is 5.98. The Morgan fingerprint density at radius 1 is 1.33 bits per heavy atom. The van der Waals surface area contributed by atoms with Crippen molar-refractivity contribution in [3.63, 3.8) is 0 Å². The summed E-state index contributed by atoms with van der Waals surface area (Å²) in [5.41, 5.74) is 5.95. The lowest BCUT2D eigenvalue weighted by Gasteiger charge is -2.33. The van der Waals surface area contributed by atoms with Crippen molar-refractivity contribution in [2.45, 2.75) is 37.6 Å². The molecule has 0 amide bonds. The maximum absolute atomic E-state index is 13.9. The fourth-order valence-corrected chi connectivity index (χ4v) is 4.26. The average Bonchev–Trinajstić information content (AvgIpc) is 2.42. The van der Waals surface area contributed by atoms with Gasteiger partial charge >= 0.3 is 0 Å². The average molecular weight is 318 g/mol. The van der Waals surface area contributed by atoms with Gasteiger partial charge in [0.15, 0.2) is 0 Å². The molecule has 1 aliphatic heterocycles. The van der Waals surface area contributed by atoms with Crippen molar-refractivity contribution >= 4 is 10.0 Å². The summed E-state index contributed by atoms with van der Waals surface area (Å²) >= 11 is 0. The number of aryl methyl sites for hydroxylation is 1. The number of rotatable bonds is 3. The Labute approximate surface area is 124 Å². The summed E-state index contributed by atoms with van der Waals surface area (Å²) < 4.78 is 53.5. The summed E-state index contributed by atoms with van der Waals surface area (Å²) in [6.45, 7) is 3.86. The summed E-state index contributed by atoms with van der Waals surface area (Å²) in [7, 11) is -3.96. The van der Waals surface area contributed by atoms with Crippen molar-refractivity contribution in [2.75, 3.05) is 13.1 Å². The minimum absolute atomic E-state index is 0.0538. The highest BCUT2D eigenvalue weighted by Crippen LogP contribution is 2.27. The third-order valence-electron chi connectivity index (χ3n) is 4.00. The number of piperidine rings is 1. The lowest BCUT2D eigenvalue weighted by Crippen LogP contribution is -2.45. The van der Waals surface area contributed by atoms with E-state index in [1.807, 2.05) is 6.92 Å². The Hall–Kier alpha value is -1.05. The topological polar surface area (TPSA) is 63.4 Å². The first kappa shape index (κ1) is 16.3. The molecular formula is C14H20F2N2O2S. The Bertz CT molecular complexity index is 632. The SMILES string of the molecule is Cc1cc(S(=O)(=O)N2CCCC(C(C)N)C2)c(F)cc1F. The van der Waals surface area contributed by atoms with Crippen LogP contribution in [0.15, 0.2) is 17.0 Å². The molecule has 1 aromatic rings. The Morgan fingerprint density at radius 2 is 2.00 bits per heavy atom. The zero-order valence-corrected chi connectivity index (χ0v) is 13.0. The molecule has 1 fully saturated rings. The van der Waals surface area contributed by atoms with Crippen LogP contribution in [0.4, 0.5) is 8.78 Å². The molecule has 2 unspecified atom stereocenters. The van der Waals surface area contributed by atoms with Gasteiger partial charge in [-0.15, -0.1) is 0 Å². The van der Waals surface area contributed by atoms with Crippen LogP contribution in [0.5, 0.6) is 0 Å². The molecule has 0 aliphatic carbocycles. The van der Waals surface area contributed by atoms with E-state index in [1.54, 1.807) is 0 Å². The molecule has 1 heterocycles. The van der Waals surface area contributed by atoms with Gasteiger partial charge in [0.1, 0.15) is 16.5 Å². The molecule has 1 saturated heterocycles. The van der Waals surface area contributed by atoms with Gasteiger partial charge in [-0.3, -0.25) is 0 Å². The molecule has 1 aromatic carbocycles. The standard InChI is InChI=1S/C14H20F2N2O2S/c1-9-6-14(13(16)7-12(9)15)21(19,20)18-5-3-4-11(8-18)10(2)17/h6-7,10-11H,3-5,8,17H2,1-2H3. The van der Waals surface area contributed by atoms with Crippen LogP contribution in [0.3, 0.4) is 0 Å². The van der Waals surface area contributed by atoms with Crippen LogP contribution in [0.2, 0.25) is 0 Å². The van der Waals surface area contributed by atoms with Crippen LogP contribution in [0, 0.1) is 24.5 Å². The molecule has 0 saturated carbocycles. The summed E-state index contributed by atoms with van der Waals surface area (Å²) in [5, 5.41) is 0. The first-order valence-corrected chi connectivity index (χ1v) is 8.39. The van der Waals surface area contributed by atoms with E-state index in [0.29, 0.717) is 19.0 Å². The van der Waals surface area contributed by atoms with Crippen molar-refractivity contribution in [2.24, 2.45) is 11.7 Å². The highest BCUT2D eigenvalue weighted by Gasteiger charge is 2.33. The molecule has 2 atom stereocenters. The molecule has 0 radical (unpaired) electrons. The first-order chi connectivity index (χ1) is 9.73. The fourth-order valence-electron chi connectivity index (χ4n) is 2.59. The van der Waals surface area contributed by atoms with Gasteiger partial charge in [-0.05, 0) is 44.2 Å². The highest BCUT2D eigenvalue weighted by molar-refractivity contribution is 7.89. The Kier molecular flexibility index (Phi) is 4.65. The third-order valence-corrected chi connectivity index (χ3v) is 5.88. The van der Waals surface area contributed by atoms with E-state index < -0.39 is 26.6 Å². The molecule has 2 N–H and O–H groups in total. The van der Waals surface area contributed by atoms with Crippen LogP contribution in [-0.2, 0) is 10.0 Å². The van der Waals surface area contributed by atoms with Crippen LogP contribution in [-0.4, -0.2) is 31.9 Å². The summed E-state index contributed by atoms with van der Waals surface area (Å²) in [5.74, 6) is -1.75. The number of halogens is 2. The zero-order chi connectivity index (χ0) is 15.8.